The van der Waals surface area contributed by atoms with Crippen molar-refractivity contribution in [2.75, 3.05) is 11.9 Å². The maximum Gasteiger partial charge on any atom is 0.331 e. The summed E-state index contributed by atoms with van der Waals surface area (Å²) in [4.78, 5) is 27.2. The molecule has 0 saturated carbocycles. The van der Waals surface area contributed by atoms with E-state index in [9.17, 15) is 9.59 Å². The number of ether oxygens (including phenoxy) is 1. The molecule has 1 heterocycles. The van der Waals surface area contributed by atoms with Crippen LogP contribution in [0.15, 0.2) is 36.5 Å². The van der Waals surface area contributed by atoms with Crippen molar-refractivity contribution in [1.29, 1.82) is 0 Å². The lowest BCUT2D eigenvalue weighted by Gasteiger charge is -2.06. The number of carbonyl (C=O) groups is 2. The molecular formula is C16H10Cl4N2O3. The van der Waals surface area contributed by atoms with Gasteiger partial charge in [0.15, 0.2) is 12.4 Å². The Morgan fingerprint density at radius 3 is 2.52 bits per heavy atom. The van der Waals surface area contributed by atoms with Gasteiger partial charge in [-0.25, -0.2) is 9.78 Å². The van der Waals surface area contributed by atoms with Crippen LogP contribution in [0, 0.1) is 0 Å². The summed E-state index contributed by atoms with van der Waals surface area (Å²) in [6, 6.07) is 6.30. The summed E-state index contributed by atoms with van der Waals surface area (Å²) in [6.07, 6.45) is 3.98. The minimum atomic E-state index is -0.698. The quantitative estimate of drug-likeness (QED) is 0.553. The van der Waals surface area contributed by atoms with Crippen LogP contribution in [-0.4, -0.2) is 23.5 Å². The highest BCUT2D eigenvalue weighted by molar-refractivity contribution is 6.42. The molecule has 0 fully saturated rings. The predicted octanol–water partition coefficient (Wildman–Crippen LogP) is 4.89. The van der Waals surface area contributed by atoms with E-state index in [-0.39, 0.29) is 10.8 Å². The second kappa shape index (κ2) is 9.06. The second-order valence-electron chi connectivity index (χ2n) is 4.65. The topological polar surface area (TPSA) is 68.3 Å². The van der Waals surface area contributed by atoms with Crippen LogP contribution in [0.4, 0.5) is 5.82 Å². The average molecular weight is 420 g/mol. The van der Waals surface area contributed by atoms with E-state index in [4.69, 9.17) is 51.1 Å². The fourth-order valence-electron chi connectivity index (χ4n) is 1.64. The Balaban J connectivity index is 1.85. The van der Waals surface area contributed by atoms with Crippen LogP contribution in [-0.2, 0) is 14.3 Å². The number of hydrogen-bond donors (Lipinski definition) is 1. The molecule has 0 aliphatic carbocycles. The molecule has 0 radical (unpaired) electrons. The fourth-order valence-corrected chi connectivity index (χ4v) is 2.37. The molecule has 130 valence electrons. The maximum absolute atomic E-state index is 11.7. The second-order valence-corrected chi connectivity index (χ2v) is 6.30. The first kappa shape index (κ1) is 19.5. The summed E-state index contributed by atoms with van der Waals surface area (Å²) < 4.78 is 4.82. The molecule has 5 nitrogen and oxygen atoms in total. The summed E-state index contributed by atoms with van der Waals surface area (Å²) in [5, 5.41) is 3.69. The van der Waals surface area contributed by atoms with Crippen molar-refractivity contribution in [2.45, 2.75) is 0 Å². The van der Waals surface area contributed by atoms with Gasteiger partial charge in [-0.2, -0.15) is 0 Å². The lowest BCUT2D eigenvalue weighted by Crippen LogP contribution is -2.20. The van der Waals surface area contributed by atoms with Gasteiger partial charge in [0.25, 0.3) is 5.91 Å². The number of esters is 1. The van der Waals surface area contributed by atoms with E-state index < -0.39 is 18.5 Å². The van der Waals surface area contributed by atoms with Gasteiger partial charge in [0.2, 0.25) is 0 Å². The molecule has 0 bridgehead atoms. The zero-order valence-electron chi connectivity index (χ0n) is 12.4. The van der Waals surface area contributed by atoms with Crippen molar-refractivity contribution in [3.8, 4) is 0 Å². The third-order valence-electron chi connectivity index (χ3n) is 2.77. The van der Waals surface area contributed by atoms with Crippen molar-refractivity contribution in [2.24, 2.45) is 0 Å². The van der Waals surface area contributed by atoms with Crippen LogP contribution in [0.2, 0.25) is 20.1 Å². The van der Waals surface area contributed by atoms with Gasteiger partial charge in [-0.05, 0) is 29.8 Å². The summed E-state index contributed by atoms with van der Waals surface area (Å²) in [5.74, 6) is -1.16. The zero-order chi connectivity index (χ0) is 18.4. The van der Waals surface area contributed by atoms with E-state index in [1.165, 1.54) is 24.4 Å². The van der Waals surface area contributed by atoms with Gasteiger partial charge in [-0.15, -0.1) is 0 Å². The standard InChI is InChI=1S/C16H10Cl4N2O3/c17-10-6-13(20)16(21-7-10)22-14(23)8-25-15(24)4-2-9-1-3-11(18)12(19)5-9/h1-7H,8H2,(H,21,22,23)/b4-2+. The Morgan fingerprint density at radius 1 is 1.08 bits per heavy atom. The summed E-state index contributed by atoms with van der Waals surface area (Å²) in [6.45, 7) is -0.495. The number of carbonyl (C=O) groups excluding carboxylic acids is 2. The van der Waals surface area contributed by atoms with Crippen LogP contribution in [0.3, 0.4) is 0 Å². The molecule has 0 spiro atoms. The normalized spacial score (nSPS) is 10.7. The number of hydrogen-bond acceptors (Lipinski definition) is 4. The first-order valence-electron chi connectivity index (χ1n) is 6.76. The zero-order valence-corrected chi connectivity index (χ0v) is 15.5. The van der Waals surface area contributed by atoms with Gasteiger partial charge in [0, 0.05) is 12.3 Å². The monoisotopic (exact) mass is 418 g/mol. The molecular weight excluding hydrogens is 410 g/mol. The van der Waals surface area contributed by atoms with Gasteiger partial charge in [-0.1, -0.05) is 52.5 Å². The minimum absolute atomic E-state index is 0.124. The van der Waals surface area contributed by atoms with E-state index in [0.29, 0.717) is 20.6 Å². The van der Waals surface area contributed by atoms with E-state index in [0.717, 1.165) is 0 Å². The maximum atomic E-state index is 11.7. The van der Waals surface area contributed by atoms with Crippen LogP contribution >= 0.6 is 46.4 Å². The number of rotatable bonds is 5. The number of anilines is 1. The third-order valence-corrected chi connectivity index (χ3v) is 4.00. The van der Waals surface area contributed by atoms with E-state index in [1.54, 1.807) is 18.2 Å². The first-order valence-corrected chi connectivity index (χ1v) is 8.27. The number of halogens is 4. The molecule has 1 aromatic heterocycles. The van der Waals surface area contributed by atoms with Crippen molar-refractivity contribution in [3.05, 3.63) is 62.2 Å². The van der Waals surface area contributed by atoms with Crippen LogP contribution < -0.4 is 5.32 Å². The van der Waals surface area contributed by atoms with Crippen molar-refractivity contribution in [3.63, 3.8) is 0 Å². The summed E-state index contributed by atoms with van der Waals surface area (Å²) in [5.41, 5.74) is 0.660. The highest BCUT2D eigenvalue weighted by Gasteiger charge is 2.09. The van der Waals surface area contributed by atoms with Gasteiger partial charge in [0.1, 0.15) is 0 Å². The highest BCUT2D eigenvalue weighted by Crippen LogP contribution is 2.23. The van der Waals surface area contributed by atoms with Gasteiger partial charge in [-0.3, -0.25) is 4.79 Å². The number of aromatic nitrogens is 1. The van der Waals surface area contributed by atoms with Crippen molar-refractivity contribution in [1.82, 2.24) is 4.98 Å². The highest BCUT2D eigenvalue weighted by atomic mass is 35.5. The number of pyridine rings is 1. The molecule has 0 saturated heterocycles. The van der Waals surface area contributed by atoms with E-state index >= 15 is 0 Å². The predicted molar refractivity (Wildman–Crippen MR) is 99.3 cm³/mol. The van der Waals surface area contributed by atoms with E-state index in [2.05, 4.69) is 10.3 Å². The Bertz CT molecular complexity index is 840. The molecule has 9 heteroatoms. The molecule has 2 rings (SSSR count). The minimum Gasteiger partial charge on any atom is -0.452 e. The number of nitrogens with one attached hydrogen (secondary N) is 1. The van der Waals surface area contributed by atoms with Crippen LogP contribution in [0.1, 0.15) is 5.56 Å². The SMILES string of the molecule is O=C(COC(=O)/C=C/c1ccc(Cl)c(Cl)c1)Nc1ncc(Cl)cc1Cl. The number of amides is 1. The Hall–Kier alpha value is -1.79. The third kappa shape index (κ3) is 6.21. The molecule has 2 aromatic rings. The number of benzene rings is 1. The number of nitrogens with zero attached hydrogens (tertiary/aromatic N) is 1. The lowest BCUT2D eigenvalue weighted by molar-refractivity contribution is -0.142. The molecule has 0 aliphatic rings. The van der Waals surface area contributed by atoms with Gasteiger partial charge >= 0.3 is 5.97 Å². The summed E-state index contributed by atoms with van der Waals surface area (Å²) >= 11 is 23.3. The van der Waals surface area contributed by atoms with Gasteiger partial charge < -0.3 is 10.1 Å². The smallest absolute Gasteiger partial charge is 0.331 e. The molecule has 25 heavy (non-hydrogen) atoms. The summed E-state index contributed by atoms with van der Waals surface area (Å²) in [7, 11) is 0. The molecule has 1 N–H and O–H groups in total. The van der Waals surface area contributed by atoms with Crippen LogP contribution in [0.25, 0.3) is 6.08 Å². The average Bonchev–Trinajstić information content (AvgIpc) is 2.56. The Morgan fingerprint density at radius 2 is 1.84 bits per heavy atom. The van der Waals surface area contributed by atoms with Crippen molar-refractivity contribution >= 4 is 70.2 Å². The molecule has 0 atom stereocenters. The van der Waals surface area contributed by atoms with E-state index in [1.807, 2.05) is 0 Å². The molecule has 1 aromatic carbocycles. The van der Waals surface area contributed by atoms with Crippen molar-refractivity contribution < 1.29 is 14.3 Å². The Kier molecular flexibility index (Phi) is 7.08. The fraction of sp³-hybridized carbons (Fsp3) is 0.0625. The van der Waals surface area contributed by atoms with Gasteiger partial charge in [0.05, 0.1) is 20.1 Å². The lowest BCUT2D eigenvalue weighted by atomic mass is 10.2. The molecule has 0 aliphatic heterocycles. The first-order chi connectivity index (χ1) is 11.8. The molecule has 0 unspecified atom stereocenters. The molecule has 1 amide bonds. The van der Waals surface area contributed by atoms with Crippen LogP contribution in [0.5, 0.6) is 0 Å². The Labute approximate surface area is 163 Å². The largest absolute Gasteiger partial charge is 0.452 e.